The van der Waals surface area contributed by atoms with Gasteiger partial charge in [0.15, 0.2) is 12.1 Å². The lowest BCUT2D eigenvalue weighted by atomic mass is 9.90. The first-order chi connectivity index (χ1) is 13.2. The average Bonchev–Trinajstić information content (AvgIpc) is 3.37. The Bertz CT molecular complexity index is 932. The van der Waals surface area contributed by atoms with E-state index in [1.165, 1.54) is 18.5 Å². The highest BCUT2D eigenvalue weighted by Crippen LogP contribution is 2.33. The molecule has 0 saturated carbocycles. The van der Waals surface area contributed by atoms with Gasteiger partial charge in [-0.2, -0.15) is 5.10 Å². The van der Waals surface area contributed by atoms with Crippen molar-refractivity contribution in [2.45, 2.75) is 32.1 Å². The van der Waals surface area contributed by atoms with Crippen LogP contribution in [0.15, 0.2) is 41.3 Å². The van der Waals surface area contributed by atoms with E-state index in [0.717, 1.165) is 29.7 Å². The maximum Gasteiger partial charge on any atom is 0.276 e. The van der Waals surface area contributed by atoms with Crippen LogP contribution in [0.4, 0.5) is 4.39 Å². The van der Waals surface area contributed by atoms with Crippen LogP contribution in [-0.2, 0) is 6.42 Å². The molecule has 2 aromatic heterocycles. The predicted octanol–water partition coefficient (Wildman–Crippen LogP) is 3.79. The number of amides is 1. The van der Waals surface area contributed by atoms with Crippen molar-refractivity contribution < 1.29 is 13.6 Å². The second-order valence-corrected chi connectivity index (χ2v) is 6.77. The molecule has 7 heteroatoms. The van der Waals surface area contributed by atoms with E-state index in [0.29, 0.717) is 31.0 Å². The average molecular weight is 368 g/mol. The maximum absolute atomic E-state index is 13.2. The molecule has 4 rings (SSSR count). The van der Waals surface area contributed by atoms with Crippen molar-refractivity contribution in [3.05, 3.63) is 59.8 Å². The summed E-state index contributed by atoms with van der Waals surface area (Å²) in [5.74, 6) is 0.406. The smallest absolute Gasteiger partial charge is 0.276 e. The number of rotatable bonds is 4. The summed E-state index contributed by atoms with van der Waals surface area (Å²) >= 11 is 0. The highest BCUT2D eigenvalue weighted by atomic mass is 19.1. The van der Waals surface area contributed by atoms with E-state index < -0.39 is 0 Å². The molecule has 1 aliphatic rings. The number of nitrogens with one attached hydrogen (secondary N) is 1. The maximum atomic E-state index is 13.2. The van der Waals surface area contributed by atoms with Gasteiger partial charge in [-0.25, -0.2) is 9.37 Å². The van der Waals surface area contributed by atoms with Gasteiger partial charge in [0.25, 0.3) is 5.91 Å². The zero-order chi connectivity index (χ0) is 18.8. The minimum Gasteiger partial charge on any atom is -0.448 e. The topological polar surface area (TPSA) is 75.0 Å². The van der Waals surface area contributed by atoms with E-state index in [1.807, 2.05) is 11.8 Å². The fourth-order valence-electron chi connectivity index (χ4n) is 3.71. The molecule has 1 saturated heterocycles. The summed E-state index contributed by atoms with van der Waals surface area (Å²) in [6.45, 7) is 3.23. The number of aryl methyl sites for hydroxylation is 1. The summed E-state index contributed by atoms with van der Waals surface area (Å²) in [6, 6.07) is 6.38. The van der Waals surface area contributed by atoms with E-state index in [4.69, 9.17) is 4.42 Å². The van der Waals surface area contributed by atoms with E-state index in [2.05, 4.69) is 15.2 Å². The van der Waals surface area contributed by atoms with Crippen molar-refractivity contribution >= 4 is 5.91 Å². The van der Waals surface area contributed by atoms with Gasteiger partial charge in [0.1, 0.15) is 11.6 Å². The molecule has 0 unspecified atom stereocenters. The summed E-state index contributed by atoms with van der Waals surface area (Å²) in [4.78, 5) is 18.8. The Balaban J connectivity index is 1.57. The molecule has 3 aromatic rings. The number of aromatic nitrogens is 3. The van der Waals surface area contributed by atoms with Gasteiger partial charge in [-0.3, -0.25) is 9.89 Å². The standard InChI is InChI=1S/C20H21FN4O2/c1-2-17-19(22-12-27-17)20(26)25-9-3-4-14(11-25)18-16(10-23-24-18)13-5-7-15(21)8-6-13/h5-8,10,12,14H,2-4,9,11H2,1H3,(H,23,24)/t14-/m0/s1. The molecule has 1 amide bonds. The summed E-state index contributed by atoms with van der Waals surface area (Å²) in [7, 11) is 0. The van der Waals surface area contributed by atoms with Crippen molar-refractivity contribution in [1.29, 1.82) is 0 Å². The van der Waals surface area contributed by atoms with Crippen molar-refractivity contribution in [3.8, 4) is 11.1 Å². The van der Waals surface area contributed by atoms with Crippen LogP contribution >= 0.6 is 0 Å². The first-order valence-corrected chi connectivity index (χ1v) is 9.18. The highest BCUT2D eigenvalue weighted by Gasteiger charge is 2.30. The summed E-state index contributed by atoms with van der Waals surface area (Å²) in [6.07, 6.45) is 5.58. The predicted molar refractivity (Wildman–Crippen MR) is 97.7 cm³/mol. The minimum absolute atomic E-state index is 0.0897. The van der Waals surface area contributed by atoms with E-state index in [9.17, 15) is 9.18 Å². The second kappa shape index (κ2) is 7.34. The third kappa shape index (κ3) is 3.37. The van der Waals surface area contributed by atoms with E-state index >= 15 is 0 Å². The Morgan fingerprint density at radius 3 is 2.96 bits per heavy atom. The normalized spacial score (nSPS) is 17.3. The van der Waals surface area contributed by atoms with Gasteiger partial charge in [0.2, 0.25) is 0 Å². The van der Waals surface area contributed by atoms with Crippen LogP contribution in [0.1, 0.15) is 47.6 Å². The molecule has 0 aliphatic carbocycles. The number of hydrogen-bond donors (Lipinski definition) is 1. The Kier molecular flexibility index (Phi) is 4.75. The molecule has 3 heterocycles. The van der Waals surface area contributed by atoms with Crippen molar-refractivity contribution in [2.75, 3.05) is 13.1 Å². The number of likely N-dealkylation sites (tertiary alicyclic amines) is 1. The van der Waals surface area contributed by atoms with Crippen LogP contribution in [0.25, 0.3) is 11.1 Å². The van der Waals surface area contributed by atoms with Gasteiger partial charge in [-0.05, 0) is 30.5 Å². The molecule has 1 aromatic carbocycles. The van der Waals surface area contributed by atoms with Gasteiger partial charge in [-0.1, -0.05) is 19.1 Å². The quantitative estimate of drug-likeness (QED) is 0.760. The van der Waals surface area contributed by atoms with Crippen molar-refractivity contribution in [3.63, 3.8) is 0 Å². The first kappa shape index (κ1) is 17.5. The van der Waals surface area contributed by atoms with Crippen LogP contribution in [0.2, 0.25) is 0 Å². The van der Waals surface area contributed by atoms with Crippen LogP contribution in [-0.4, -0.2) is 39.1 Å². The lowest BCUT2D eigenvalue weighted by Crippen LogP contribution is -2.39. The molecule has 140 valence electrons. The van der Waals surface area contributed by atoms with Gasteiger partial charge in [0.05, 0.1) is 6.20 Å². The number of H-pyrrole nitrogens is 1. The number of nitrogens with zero attached hydrogens (tertiary/aromatic N) is 3. The van der Waals surface area contributed by atoms with E-state index in [1.54, 1.807) is 18.3 Å². The third-order valence-corrected chi connectivity index (χ3v) is 5.11. The lowest BCUT2D eigenvalue weighted by Gasteiger charge is -2.32. The summed E-state index contributed by atoms with van der Waals surface area (Å²) in [5.41, 5.74) is 3.25. The number of piperidine rings is 1. The number of oxazole rings is 1. The molecular weight excluding hydrogens is 347 g/mol. The summed E-state index contributed by atoms with van der Waals surface area (Å²) < 4.78 is 18.5. The Hall–Kier alpha value is -2.96. The van der Waals surface area contributed by atoms with Gasteiger partial charge in [0, 0.05) is 36.7 Å². The van der Waals surface area contributed by atoms with Crippen LogP contribution in [0.3, 0.4) is 0 Å². The third-order valence-electron chi connectivity index (χ3n) is 5.11. The molecule has 0 bridgehead atoms. The molecule has 1 atom stereocenters. The second-order valence-electron chi connectivity index (χ2n) is 6.77. The van der Waals surface area contributed by atoms with Gasteiger partial charge < -0.3 is 9.32 Å². The molecule has 1 N–H and O–H groups in total. The fraction of sp³-hybridized carbons (Fsp3) is 0.350. The van der Waals surface area contributed by atoms with Crippen molar-refractivity contribution in [2.24, 2.45) is 0 Å². The Morgan fingerprint density at radius 1 is 1.37 bits per heavy atom. The molecule has 6 nitrogen and oxygen atoms in total. The SMILES string of the molecule is CCc1ocnc1C(=O)N1CCC[C@H](c2[nH]ncc2-c2ccc(F)cc2)C1. The van der Waals surface area contributed by atoms with Crippen LogP contribution in [0.5, 0.6) is 0 Å². The largest absolute Gasteiger partial charge is 0.448 e. The molecule has 1 fully saturated rings. The monoisotopic (exact) mass is 368 g/mol. The number of carbonyl (C=O) groups excluding carboxylic acids is 1. The summed E-state index contributed by atoms with van der Waals surface area (Å²) in [5, 5.41) is 7.28. The van der Waals surface area contributed by atoms with E-state index in [-0.39, 0.29) is 17.6 Å². The zero-order valence-electron chi connectivity index (χ0n) is 15.1. The fourth-order valence-corrected chi connectivity index (χ4v) is 3.71. The number of benzene rings is 1. The number of hydrogen-bond acceptors (Lipinski definition) is 4. The lowest BCUT2D eigenvalue weighted by molar-refractivity contribution is 0.0698. The molecule has 0 radical (unpaired) electrons. The Labute approximate surface area is 156 Å². The number of halogens is 1. The molecule has 27 heavy (non-hydrogen) atoms. The van der Waals surface area contributed by atoms with Crippen LogP contribution < -0.4 is 0 Å². The minimum atomic E-state index is -0.266. The highest BCUT2D eigenvalue weighted by molar-refractivity contribution is 5.93. The number of aromatic amines is 1. The van der Waals surface area contributed by atoms with Crippen molar-refractivity contribution in [1.82, 2.24) is 20.1 Å². The number of carbonyl (C=O) groups is 1. The first-order valence-electron chi connectivity index (χ1n) is 9.18. The molecule has 0 spiro atoms. The molecular formula is C20H21FN4O2. The van der Waals surface area contributed by atoms with Gasteiger partial charge in [-0.15, -0.1) is 0 Å². The van der Waals surface area contributed by atoms with Crippen LogP contribution in [0, 0.1) is 5.82 Å². The Morgan fingerprint density at radius 2 is 2.19 bits per heavy atom. The molecule has 1 aliphatic heterocycles. The van der Waals surface area contributed by atoms with Gasteiger partial charge >= 0.3 is 0 Å². The zero-order valence-corrected chi connectivity index (χ0v) is 15.1.